The molecule has 3 aromatic rings. The lowest BCUT2D eigenvalue weighted by Crippen LogP contribution is -2.35. The Morgan fingerprint density at radius 2 is 1.81 bits per heavy atom. The van der Waals surface area contributed by atoms with Crippen molar-refractivity contribution in [3.8, 4) is 0 Å². The van der Waals surface area contributed by atoms with E-state index >= 15 is 0 Å². The summed E-state index contributed by atoms with van der Waals surface area (Å²) in [7, 11) is 0. The molecule has 0 spiro atoms. The zero-order valence-corrected chi connectivity index (χ0v) is 18.6. The van der Waals surface area contributed by atoms with Gasteiger partial charge in [0.05, 0.1) is 10.9 Å². The van der Waals surface area contributed by atoms with Gasteiger partial charge in [-0.1, -0.05) is 58.4 Å². The molecule has 0 radical (unpaired) electrons. The van der Waals surface area contributed by atoms with Crippen LogP contribution in [0.4, 0.5) is 0 Å². The van der Waals surface area contributed by atoms with Crippen LogP contribution in [0.1, 0.15) is 75.6 Å². The largest absolute Gasteiger partial charge is 0.352 e. The van der Waals surface area contributed by atoms with E-state index in [1.54, 1.807) is 22.9 Å². The van der Waals surface area contributed by atoms with Gasteiger partial charge in [0.1, 0.15) is 16.8 Å². The minimum Gasteiger partial charge on any atom is -0.352 e. The minimum atomic E-state index is -0.303. The molecule has 2 N–H and O–H groups in total. The normalized spacial score (nSPS) is 11.3. The summed E-state index contributed by atoms with van der Waals surface area (Å²) in [5, 5.41) is 12.0. The lowest BCUT2D eigenvalue weighted by atomic mass is 10.1. The van der Waals surface area contributed by atoms with Crippen molar-refractivity contribution in [2.24, 2.45) is 0 Å². The first-order chi connectivity index (χ1) is 15.1. The van der Waals surface area contributed by atoms with Gasteiger partial charge in [0.25, 0.3) is 11.5 Å². The maximum absolute atomic E-state index is 13.2. The number of aromatic nitrogens is 3. The van der Waals surface area contributed by atoms with E-state index in [0.717, 1.165) is 51.4 Å². The highest BCUT2D eigenvalue weighted by atomic mass is 16.1. The van der Waals surface area contributed by atoms with Crippen LogP contribution in [0.25, 0.3) is 16.7 Å². The number of nitrogens with one attached hydrogen (secondary N) is 2. The summed E-state index contributed by atoms with van der Waals surface area (Å²) < 4.78 is 3.21. The number of pyridine rings is 2. The molecule has 0 aliphatic rings. The summed E-state index contributed by atoms with van der Waals surface area (Å²) in [6, 6.07) is 6.93. The molecule has 3 aromatic heterocycles. The van der Waals surface area contributed by atoms with Crippen LogP contribution in [0.2, 0.25) is 0 Å². The zero-order valence-electron chi connectivity index (χ0n) is 18.6. The summed E-state index contributed by atoms with van der Waals surface area (Å²) in [5.41, 5.74) is 1.13. The molecule has 0 aliphatic heterocycles. The first kappa shape index (κ1) is 22.7. The lowest BCUT2D eigenvalue weighted by Gasteiger charge is -2.15. The third-order valence-corrected chi connectivity index (χ3v) is 5.61. The minimum absolute atomic E-state index is 0.113. The van der Waals surface area contributed by atoms with Gasteiger partial charge in [0.15, 0.2) is 0 Å². The number of amides is 1. The third kappa shape index (κ3) is 5.21. The highest BCUT2D eigenvalue weighted by Gasteiger charge is 2.17. The van der Waals surface area contributed by atoms with Crippen LogP contribution >= 0.6 is 0 Å². The standard InChI is InChI=1S/C24H33N5O2/c1-3-5-7-10-14-26-23(30)18-17-19-22(29(21(18)25)16-11-8-6-4-2)27-20-13-9-12-15-28(20)24(19)31/h9,12-13,15,17,25H,3-8,10-11,14,16H2,1-2H3,(H,26,30). The number of carbonyl (C=O) groups excluding carboxylic acids is 1. The summed E-state index contributed by atoms with van der Waals surface area (Å²) in [4.78, 5) is 30.7. The Labute approximate surface area is 182 Å². The second-order valence-electron chi connectivity index (χ2n) is 8.02. The number of nitrogens with zero attached hydrogens (tertiary/aromatic N) is 3. The Balaban J connectivity index is 2.03. The number of hydrogen-bond donors (Lipinski definition) is 2. The zero-order chi connectivity index (χ0) is 22.2. The van der Waals surface area contributed by atoms with Crippen molar-refractivity contribution in [1.29, 1.82) is 5.41 Å². The van der Waals surface area contributed by atoms with Crippen molar-refractivity contribution < 1.29 is 4.79 Å². The summed E-state index contributed by atoms with van der Waals surface area (Å²) in [6.07, 6.45) is 10.1. The topological polar surface area (TPSA) is 92.2 Å². The summed E-state index contributed by atoms with van der Waals surface area (Å²) >= 11 is 0. The average Bonchev–Trinajstić information content (AvgIpc) is 2.78. The maximum atomic E-state index is 13.2. The van der Waals surface area contributed by atoms with Crippen LogP contribution in [-0.4, -0.2) is 26.4 Å². The number of rotatable bonds is 11. The van der Waals surface area contributed by atoms with Crippen molar-refractivity contribution in [3.05, 3.63) is 51.9 Å². The molecule has 7 heteroatoms. The summed E-state index contributed by atoms with van der Waals surface area (Å²) in [6.45, 7) is 5.43. The van der Waals surface area contributed by atoms with Gasteiger partial charge in [-0.2, -0.15) is 0 Å². The Bertz CT molecular complexity index is 1160. The van der Waals surface area contributed by atoms with E-state index in [4.69, 9.17) is 5.41 Å². The van der Waals surface area contributed by atoms with Crippen molar-refractivity contribution in [2.45, 2.75) is 71.8 Å². The van der Waals surface area contributed by atoms with Crippen LogP contribution in [0, 0.1) is 5.41 Å². The fraction of sp³-hybridized carbons (Fsp3) is 0.500. The number of unbranched alkanes of at least 4 members (excludes halogenated alkanes) is 6. The fourth-order valence-corrected chi connectivity index (χ4v) is 3.82. The third-order valence-electron chi connectivity index (χ3n) is 5.61. The molecule has 0 saturated heterocycles. The van der Waals surface area contributed by atoms with E-state index in [2.05, 4.69) is 24.1 Å². The Kier molecular flexibility index (Phi) is 7.98. The molecule has 1 amide bonds. The molecule has 0 atom stereocenters. The van der Waals surface area contributed by atoms with Gasteiger partial charge in [-0.25, -0.2) is 4.98 Å². The Hall–Kier alpha value is -2.96. The quantitative estimate of drug-likeness (QED) is 0.360. The van der Waals surface area contributed by atoms with Crippen molar-refractivity contribution in [3.63, 3.8) is 0 Å². The molecule has 0 unspecified atom stereocenters. The molecule has 3 heterocycles. The Morgan fingerprint density at radius 3 is 2.55 bits per heavy atom. The lowest BCUT2D eigenvalue weighted by molar-refractivity contribution is 0.0950. The SMILES string of the molecule is CCCCCCNC(=O)c1cc2c(=O)n3ccccc3nc2n(CCCCCC)c1=N. The number of fused-ring (bicyclic) bond motifs is 2. The number of aryl methyl sites for hydroxylation is 1. The van der Waals surface area contributed by atoms with Gasteiger partial charge >= 0.3 is 0 Å². The molecular weight excluding hydrogens is 390 g/mol. The van der Waals surface area contributed by atoms with Crippen LogP contribution in [0.5, 0.6) is 0 Å². The van der Waals surface area contributed by atoms with Crippen LogP contribution in [0.15, 0.2) is 35.3 Å². The van der Waals surface area contributed by atoms with E-state index in [1.807, 2.05) is 6.07 Å². The second-order valence-corrected chi connectivity index (χ2v) is 8.02. The highest BCUT2D eigenvalue weighted by Crippen LogP contribution is 2.12. The first-order valence-electron chi connectivity index (χ1n) is 11.5. The monoisotopic (exact) mass is 423 g/mol. The molecule has 0 aromatic carbocycles. The molecular formula is C24H33N5O2. The van der Waals surface area contributed by atoms with Crippen molar-refractivity contribution >= 4 is 22.6 Å². The van der Waals surface area contributed by atoms with E-state index in [0.29, 0.717) is 29.8 Å². The molecule has 166 valence electrons. The number of hydrogen-bond acceptors (Lipinski definition) is 4. The van der Waals surface area contributed by atoms with Gasteiger partial charge in [-0.05, 0) is 31.0 Å². The molecule has 0 bridgehead atoms. The van der Waals surface area contributed by atoms with Crippen LogP contribution in [-0.2, 0) is 6.54 Å². The predicted molar refractivity (Wildman–Crippen MR) is 123 cm³/mol. The Morgan fingerprint density at radius 1 is 1.06 bits per heavy atom. The predicted octanol–water partition coefficient (Wildman–Crippen LogP) is 4.02. The highest BCUT2D eigenvalue weighted by molar-refractivity contribution is 5.96. The molecule has 0 aliphatic carbocycles. The van der Waals surface area contributed by atoms with Crippen molar-refractivity contribution in [2.75, 3.05) is 6.54 Å². The van der Waals surface area contributed by atoms with E-state index in [9.17, 15) is 9.59 Å². The first-order valence-corrected chi connectivity index (χ1v) is 11.5. The van der Waals surface area contributed by atoms with Gasteiger partial charge in [-0.15, -0.1) is 0 Å². The average molecular weight is 424 g/mol. The van der Waals surface area contributed by atoms with E-state index in [-0.39, 0.29) is 22.5 Å². The van der Waals surface area contributed by atoms with Crippen molar-refractivity contribution in [1.82, 2.24) is 19.3 Å². The summed E-state index contributed by atoms with van der Waals surface area (Å²) in [5.74, 6) is -0.303. The van der Waals surface area contributed by atoms with Gasteiger partial charge < -0.3 is 9.88 Å². The number of carbonyl (C=O) groups is 1. The van der Waals surface area contributed by atoms with Gasteiger partial charge in [-0.3, -0.25) is 19.4 Å². The molecule has 0 fully saturated rings. The second kappa shape index (κ2) is 10.9. The van der Waals surface area contributed by atoms with Crippen LogP contribution in [0.3, 0.4) is 0 Å². The van der Waals surface area contributed by atoms with Gasteiger partial charge in [0.2, 0.25) is 0 Å². The van der Waals surface area contributed by atoms with Gasteiger partial charge in [0, 0.05) is 19.3 Å². The molecule has 7 nitrogen and oxygen atoms in total. The molecule has 31 heavy (non-hydrogen) atoms. The fourth-order valence-electron chi connectivity index (χ4n) is 3.82. The molecule has 3 rings (SSSR count). The van der Waals surface area contributed by atoms with E-state index < -0.39 is 0 Å². The van der Waals surface area contributed by atoms with Crippen LogP contribution < -0.4 is 16.4 Å². The molecule has 0 saturated carbocycles. The van der Waals surface area contributed by atoms with E-state index in [1.165, 1.54) is 10.5 Å². The smallest absolute Gasteiger partial charge is 0.267 e. The maximum Gasteiger partial charge on any atom is 0.267 e.